The summed E-state index contributed by atoms with van der Waals surface area (Å²) in [5, 5.41) is 7.24. The average Bonchev–Trinajstić information content (AvgIpc) is 2.38. The highest BCUT2D eigenvalue weighted by Crippen LogP contribution is 2.25. The highest BCUT2D eigenvalue weighted by Gasteiger charge is 2.15. The zero-order chi connectivity index (χ0) is 13.0. The maximum atomic E-state index is 13.7. The first-order valence-corrected chi connectivity index (χ1v) is 6.43. The Balaban J connectivity index is 1.94. The summed E-state index contributed by atoms with van der Waals surface area (Å²) in [6, 6.07) is 4.41. The van der Waals surface area contributed by atoms with Gasteiger partial charge in [0.2, 0.25) is 0 Å². The average molecular weight is 250 g/mol. The van der Waals surface area contributed by atoms with Gasteiger partial charge in [0, 0.05) is 5.56 Å². The third-order valence-electron chi connectivity index (χ3n) is 3.44. The normalized spacial score (nSPS) is 16.5. The highest BCUT2D eigenvalue weighted by molar-refractivity contribution is 5.95. The third kappa shape index (κ3) is 3.22. The fraction of sp³-hybridized carbons (Fsp3) is 0.500. The summed E-state index contributed by atoms with van der Waals surface area (Å²) >= 11 is 0. The molecular formula is C14H19FN2O. The van der Waals surface area contributed by atoms with Crippen molar-refractivity contribution in [2.24, 2.45) is 11.7 Å². The van der Waals surface area contributed by atoms with Crippen molar-refractivity contribution in [3.05, 3.63) is 29.6 Å². The number of nitrogens with one attached hydrogen (secondary N) is 1. The summed E-state index contributed by atoms with van der Waals surface area (Å²) in [5.41, 5.74) is 5.69. The molecule has 0 saturated heterocycles. The second-order valence-corrected chi connectivity index (χ2v) is 4.87. The molecule has 0 spiro atoms. The largest absolute Gasteiger partial charge is 0.490 e. The van der Waals surface area contributed by atoms with Crippen LogP contribution in [0.2, 0.25) is 0 Å². The smallest absolute Gasteiger partial charge is 0.165 e. The van der Waals surface area contributed by atoms with E-state index in [0.717, 1.165) is 0 Å². The molecule has 0 radical (unpaired) electrons. The van der Waals surface area contributed by atoms with Crippen LogP contribution in [0.1, 0.15) is 37.7 Å². The van der Waals surface area contributed by atoms with Crippen LogP contribution in [0.3, 0.4) is 0 Å². The van der Waals surface area contributed by atoms with Crippen molar-refractivity contribution in [3.8, 4) is 5.75 Å². The van der Waals surface area contributed by atoms with Gasteiger partial charge in [-0.1, -0.05) is 19.3 Å². The van der Waals surface area contributed by atoms with Crippen molar-refractivity contribution in [2.45, 2.75) is 32.1 Å². The summed E-state index contributed by atoms with van der Waals surface area (Å²) in [7, 11) is 0. The van der Waals surface area contributed by atoms with Crippen LogP contribution >= 0.6 is 0 Å². The molecular weight excluding hydrogens is 231 g/mol. The second kappa shape index (κ2) is 5.85. The van der Waals surface area contributed by atoms with Crippen LogP contribution in [0.25, 0.3) is 0 Å². The lowest BCUT2D eigenvalue weighted by atomic mass is 9.90. The molecule has 1 fully saturated rings. The Bertz CT molecular complexity index is 428. The standard InChI is InChI=1S/C14H19FN2O/c15-12-8-11(14(16)17)6-7-13(12)18-9-10-4-2-1-3-5-10/h6-8,10H,1-5,9H2,(H3,16,17). The second-order valence-electron chi connectivity index (χ2n) is 4.87. The molecule has 0 atom stereocenters. The van der Waals surface area contributed by atoms with E-state index < -0.39 is 5.82 Å². The number of benzene rings is 1. The van der Waals surface area contributed by atoms with Gasteiger partial charge in [0.15, 0.2) is 11.6 Å². The van der Waals surface area contributed by atoms with Gasteiger partial charge in [-0.25, -0.2) is 4.39 Å². The third-order valence-corrected chi connectivity index (χ3v) is 3.44. The van der Waals surface area contributed by atoms with Gasteiger partial charge in [0.1, 0.15) is 5.84 Å². The molecule has 0 aliphatic heterocycles. The Hall–Kier alpha value is -1.58. The summed E-state index contributed by atoms with van der Waals surface area (Å²) in [4.78, 5) is 0. The first-order chi connectivity index (χ1) is 8.66. The first-order valence-electron chi connectivity index (χ1n) is 6.43. The Labute approximate surface area is 107 Å². The molecule has 1 aliphatic rings. The van der Waals surface area contributed by atoms with Gasteiger partial charge in [0.05, 0.1) is 6.61 Å². The molecule has 0 aromatic heterocycles. The van der Waals surface area contributed by atoms with E-state index in [9.17, 15) is 4.39 Å². The fourth-order valence-electron chi connectivity index (χ4n) is 2.35. The van der Waals surface area contributed by atoms with Gasteiger partial charge in [0.25, 0.3) is 0 Å². The zero-order valence-electron chi connectivity index (χ0n) is 10.4. The van der Waals surface area contributed by atoms with Gasteiger partial charge >= 0.3 is 0 Å². The molecule has 1 saturated carbocycles. The Morgan fingerprint density at radius 2 is 2.06 bits per heavy atom. The predicted molar refractivity (Wildman–Crippen MR) is 69.5 cm³/mol. The lowest BCUT2D eigenvalue weighted by molar-refractivity contribution is 0.202. The summed E-state index contributed by atoms with van der Waals surface area (Å²) in [6.45, 7) is 0.580. The van der Waals surface area contributed by atoms with Crippen LogP contribution in [-0.4, -0.2) is 12.4 Å². The number of amidine groups is 1. The van der Waals surface area contributed by atoms with Crippen molar-refractivity contribution in [2.75, 3.05) is 6.61 Å². The van der Waals surface area contributed by atoms with Crippen molar-refractivity contribution in [3.63, 3.8) is 0 Å². The van der Waals surface area contributed by atoms with E-state index in [4.69, 9.17) is 15.9 Å². The Morgan fingerprint density at radius 1 is 1.33 bits per heavy atom. The van der Waals surface area contributed by atoms with Crippen LogP contribution in [0, 0.1) is 17.1 Å². The number of hydrogen-bond acceptors (Lipinski definition) is 2. The van der Waals surface area contributed by atoms with Crippen molar-refractivity contribution < 1.29 is 9.13 Å². The van der Waals surface area contributed by atoms with E-state index in [2.05, 4.69) is 0 Å². The fourth-order valence-corrected chi connectivity index (χ4v) is 2.35. The minimum atomic E-state index is -0.446. The molecule has 1 aliphatic carbocycles. The summed E-state index contributed by atoms with van der Waals surface area (Å²) in [5.74, 6) is 0.224. The molecule has 98 valence electrons. The number of rotatable bonds is 4. The number of nitrogens with two attached hydrogens (primary N) is 1. The molecule has 0 amide bonds. The van der Waals surface area contributed by atoms with E-state index in [1.807, 2.05) is 0 Å². The van der Waals surface area contributed by atoms with Crippen molar-refractivity contribution >= 4 is 5.84 Å². The lowest BCUT2D eigenvalue weighted by Gasteiger charge is -2.21. The lowest BCUT2D eigenvalue weighted by Crippen LogP contribution is -2.16. The molecule has 0 heterocycles. The van der Waals surface area contributed by atoms with Crippen molar-refractivity contribution in [1.82, 2.24) is 0 Å². The van der Waals surface area contributed by atoms with Gasteiger partial charge in [-0.2, -0.15) is 0 Å². The summed E-state index contributed by atoms with van der Waals surface area (Å²) < 4.78 is 19.2. The van der Waals surface area contributed by atoms with Crippen LogP contribution in [-0.2, 0) is 0 Å². The van der Waals surface area contributed by atoms with Crippen LogP contribution in [0.5, 0.6) is 5.75 Å². The summed E-state index contributed by atoms with van der Waals surface area (Å²) in [6.07, 6.45) is 6.15. The Morgan fingerprint density at radius 3 is 2.67 bits per heavy atom. The Kier molecular flexibility index (Phi) is 4.18. The highest BCUT2D eigenvalue weighted by atomic mass is 19.1. The monoisotopic (exact) mass is 250 g/mol. The maximum Gasteiger partial charge on any atom is 0.165 e. The van der Waals surface area contributed by atoms with E-state index in [1.165, 1.54) is 38.2 Å². The first kappa shape index (κ1) is 12.9. The molecule has 1 aromatic rings. The van der Waals surface area contributed by atoms with Crippen LogP contribution < -0.4 is 10.5 Å². The van der Waals surface area contributed by atoms with Gasteiger partial charge in [-0.15, -0.1) is 0 Å². The quantitative estimate of drug-likeness (QED) is 0.637. The van der Waals surface area contributed by atoms with E-state index in [1.54, 1.807) is 12.1 Å². The molecule has 3 N–H and O–H groups in total. The zero-order valence-corrected chi connectivity index (χ0v) is 10.4. The maximum absolute atomic E-state index is 13.7. The SMILES string of the molecule is N=C(N)c1ccc(OCC2CCCCC2)c(F)c1. The van der Waals surface area contributed by atoms with E-state index >= 15 is 0 Å². The molecule has 4 heteroatoms. The van der Waals surface area contributed by atoms with Crippen LogP contribution in [0.4, 0.5) is 4.39 Å². The molecule has 2 rings (SSSR count). The number of halogens is 1. The van der Waals surface area contributed by atoms with E-state index in [-0.39, 0.29) is 11.6 Å². The van der Waals surface area contributed by atoms with Crippen molar-refractivity contribution in [1.29, 1.82) is 5.41 Å². The molecule has 1 aromatic carbocycles. The molecule has 18 heavy (non-hydrogen) atoms. The van der Waals surface area contributed by atoms with Gasteiger partial charge in [-0.3, -0.25) is 5.41 Å². The van der Waals surface area contributed by atoms with Gasteiger partial charge in [-0.05, 0) is 37.0 Å². The molecule has 0 unspecified atom stereocenters. The number of nitrogen functional groups attached to an aromatic ring is 1. The van der Waals surface area contributed by atoms with Crippen LogP contribution in [0.15, 0.2) is 18.2 Å². The molecule has 3 nitrogen and oxygen atoms in total. The minimum Gasteiger partial charge on any atom is -0.490 e. The predicted octanol–water partition coefficient (Wildman–Crippen LogP) is 3.07. The van der Waals surface area contributed by atoms with Gasteiger partial charge < -0.3 is 10.5 Å². The number of hydrogen-bond donors (Lipinski definition) is 2. The number of ether oxygens (including phenoxy) is 1. The van der Waals surface area contributed by atoms with E-state index in [0.29, 0.717) is 18.1 Å². The molecule has 0 bridgehead atoms. The topological polar surface area (TPSA) is 59.1 Å². The minimum absolute atomic E-state index is 0.132.